The topological polar surface area (TPSA) is 75.4 Å². The van der Waals surface area contributed by atoms with Gasteiger partial charge in [-0.2, -0.15) is 0 Å². The zero-order chi connectivity index (χ0) is 13.3. The van der Waals surface area contributed by atoms with Crippen molar-refractivity contribution in [2.24, 2.45) is 5.73 Å². The van der Waals surface area contributed by atoms with Gasteiger partial charge in [-0.1, -0.05) is 6.07 Å². The predicted molar refractivity (Wildman–Crippen MR) is 67.4 cm³/mol. The number of nitrogens with two attached hydrogens (primary N) is 1. The van der Waals surface area contributed by atoms with Crippen LogP contribution in [0.5, 0.6) is 0 Å². The van der Waals surface area contributed by atoms with E-state index in [1.165, 1.54) is 11.0 Å². The summed E-state index contributed by atoms with van der Waals surface area (Å²) >= 11 is 3.12. The van der Waals surface area contributed by atoms with Gasteiger partial charge in [0.1, 0.15) is 0 Å². The lowest BCUT2D eigenvalue weighted by Crippen LogP contribution is -2.51. The van der Waals surface area contributed by atoms with Gasteiger partial charge in [-0.3, -0.25) is 14.9 Å². The van der Waals surface area contributed by atoms with Gasteiger partial charge in [0.05, 0.1) is 23.2 Å². The van der Waals surface area contributed by atoms with Gasteiger partial charge in [-0.15, -0.1) is 0 Å². The molecule has 0 radical (unpaired) electrons. The Kier molecular flexibility index (Phi) is 3.63. The molecule has 0 aliphatic carbocycles. The number of benzene rings is 1. The fraction of sp³-hybridized carbons (Fsp3) is 0.273. The van der Waals surface area contributed by atoms with Crippen LogP contribution in [0, 0.1) is 5.82 Å². The Balaban J connectivity index is 2.36. The molecule has 2 rings (SSSR count). The molecule has 3 N–H and O–H groups in total. The van der Waals surface area contributed by atoms with Crippen molar-refractivity contribution in [3.05, 3.63) is 28.0 Å². The van der Waals surface area contributed by atoms with Gasteiger partial charge in [0.15, 0.2) is 5.82 Å². The second kappa shape index (κ2) is 5.03. The summed E-state index contributed by atoms with van der Waals surface area (Å²) in [7, 11) is 0. The molecular weight excluding hydrogens is 305 g/mol. The average Bonchev–Trinajstić information content (AvgIpc) is 2.31. The van der Waals surface area contributed by atoms with Crippen molar-refractivity contribution in [2.45, 2.75) is 6.54 Å². The van der Waals surface area contributed by atoms with Crippen molar-refractivity contribution in [2.75, 3.05) is 18.0 Å². The van der Waals surface area contributed by atoms with E-state index in [0.717, 1.165) is 0 Å². The minimum absolute atomic E-state index is 0.0446. The van der Waals surface area contributed by atoms with Crippen LogP contribution in [0.3, 0.4) is 0 Å². The number of anilines is 1. The van der Waals surface area contributed by atoms with E-state index in [4.69, 9.17) is 5.73 Å². The van der Waals surface area contributed by atoms with Crippen molar-refractivity contribution >= 4 is 33.4 Å². The smallest absolute Gasteiger partial charge is 0.246 e. The molecule has 1 aromatic carbocycles. The van der Waals surface area contributed by atoms with Gasteiger partial charge in [0, 0.05) is 6.54 Å². The Bertz CT molecular complexity index is 505. The van der Waals surface area contributed by atoms with Crippen LogP contribution in [-0.2, 0) is 16.1 Å². The van der Waals surface area contributed by atoms with Gasteiger partial charge in [0.25, 0.3) is 0 Å². The van der Waals surface area contributed by atoms with E-state index in [9.17, 15) is 14.0 Å². The first-order chi connectivity index (χ1) is 8.52. The molecule has 0 spiro atoms. The Labute approximate surface area is 111 Å². The monoisotopic (exact) mass is 315 g/mol. The van der Waals surface area contributed by atoms with Crippen LogP contribution < -0.4 is 16.0 Å². The maximum atomic E-state index is 14.1. The van der Waals surface area contributed by atoms with Crippen LogP contribution in [-0.4, -0.2) is 24.9 Å². The molecule has 96 valence electrons. The SMILES string of the molecule is NCc1ccc(N2CC(=O)NC(=O)C2)c(F)c1Br. The molecule has 1 aromatic rings. The molecule has 7 heteroatoms. The zero-order valence-electron chi connectivity index (χ0n) is 9.37. The average molecular weight is 316 g/mol. The highest BCUT2D eigenvalue weighted by Gasteiger charge is 2.25. The number of carbonyl (C=O) groups excluding carboxylic acids is 2. The minimum atomic E-state index is -0.513. The summed E-state index contributed by atoms with van der Waals surface area (Å²) in [5.74, 6) is -1.39. The molecule has 0 atom stereocenters. The summed E-state index contributed by atoms with van der Waals surface area (Å²) in [6.07, 6.45) is 0. The fourth-order valence-corrected chi connectivity index (χ4v) is 2.29. The first-order valence-corrected chi connectivity index (χ1v) is 6.06. The number of hydrogen-bond donors (Lipinski definition) is 2. The summed E-state index contributed by atoms with van der Waals surface area (Å²) < 4.78 is 14.4. The maximum absolute atomic E-state index is 14.1. The standard InChI is InChI=1S/C11H11BrFN3O2/c12-10-6(3-14)1-2-7(11(10)13)16-4-8(17)15-9(18)5-16/h1-2H,3-5,14H2,(H,15,17,18). The van der Waals surface area contributed by atoms with E-state index >= 15 is 0 Å². The maximum Gasteiger partial charge on any atom is 0.246 e. The lowest BCUT2D eigenvalue weighted by molar-refractivity contribution is -0.130. The fourth-order valence-electron chi connectivity index (χ4n) is 1.79. The molecular formula is C11H11BrFN3O2. The lowest BCUT2D eigenvalue weighted by Gasteiger charge is -2.28. The van der Waals surface area contributed by atoms with Gasteiger partial charge in [-0.05, 0) is 27.6 Å². The largest absolute Gasteiger partial charge is 0.350 e. The number of imide groups is 1. The molecule has 0 aromatic heterocycles. The summed E-state index contributed by atoms with van der Waals surface area (Å²) in [5.41, 5.74) is 6.30. The molecule has 1 aliphatic rings. The van der Waals surface area contributed by atoms with Crippen LogP contribution in [0.1, 0.15) is 5.56 Å². The van der Waals surface area contributed by atoms with E-state index < -0.39 is 17.6 Å². The van der Waals surface area contributed by atoms with E-state index in [0.29, 0.717) is 5.56 Å². The number of hydrogen-bond acceptors (Lipinski definition) is 4. The molecule has 1 heterocycles. The summed E-state index contributed by atoms with van der Waals surface area (Å²) in [6.45, 7) is 0.116. The van der Waals surface area contributed by atoms with Crippen molar-refractivity contribution in [3.63, 3.8) is 0 Å². The Morgan fingerprint density at radius 2 is 1.94 bits per heavy atom. The molecule has 18 heavy (non-hydrogen) atoms. The van der Waals surface area contributed by atoms with E-state index in [1.54, 1.807) is 6.07 Å². The Morgan fingerprint density at radius 3 is 2.50 bits per heavy atom. The van der Waals surface area contributed by atoms with Gasteiger partial charge in [0.2, 0.25) is 11.8 Å². The first-order valence-electron chi connectivity index (χ1n) is 5.27. The van der Waals surface area contributed by atoms with Crippen LogP contribution in [0.2, 0.25) is 0 Å². The number of nitrogens with one attached hydrogen (secondary N) is 1. The van der Waals surface area contributed by atoms with E-state index in [2.05, 4.69) is 21.2 Å². The highest BCUT2D eigenvalue weighted by atomic mass is 79.9. The highest BCUT2D eigenvalue weighted by Crippen LogP contribution is 2.29. The molecule has 1 fully saturated rings. The summed E-state index contributed by atoms with van der Waals surface area (Å²) in [6, 6.07) is 3.19. The third-order valence-corrected chi connectivity index (χ3v) is 3.51. The first kappa shape index (κ1) is 13.0. The van der Waals surface area contributed by atoms with Gasteiger partial charge < -0.3 is 10.6 Å². The van der Waals surface area contributed by atoms with Crippen LogP contribution in [0.15, 0.2) is 16.6 Å². The van der Waals surface area contributed by atoms with Crippen LogP contribution in [0.4, 0.5) is 10.1 Å². The molecule has 1 saturated heterocycles. The number of piperazine rings is 1. The van der Waals surface area contributed by atoms with E-state index in [-0.39, 0.29) is 29.8 Å². The zero-order valence-corrected chi connectivity index (χ0v) is 11.0. The Morgan fingerprint density at radius 1 is 1.33 bits per heavy atom. The molecule has 1 aliphatic heterocycles. The number of nitrogens with zero attached hydrogens (tertiary/aromatic N) is 1. The third kappa shape index (κ3) is 2.37. The second-order valence-electron chi connectivity index (χ2n) is 3.90. The van der Waals surface area contributed by atoms with Crippen LogP contribution >= 0.6 is 15.9 Å². The lowest BCUT2D eigenvalue weighted by atomic mass is 10.1. The van der Waals surface area contributed by atoms with E-state index in [1.807, 2.05) is 0 Å². The third-order valence-electron chi connectivity index (χ3n) is 2.65. The molecule has 5 nitrogen and oxygen atoms in total. The molecule has 2 amide bonds. The second-order valence-corrected chi connectivity index (χ2v) is 4.70. The normalized spacial score (nSPS) is 15.8. The van der Waals surface area contributed by atoms with Crippen LogP contribution in [0.25, 0.3) is 0 Å². The number of carbonyl (C=O) groups is 2. The molecule has 0 saturated carbocycles. The summed E-state index contributed by atoms with van der Waals surface area (Å²) in [4.78, 5) is 23.9. The minimum Gasteiger partial charge on any atom is -0.350 e. The Hall–Kier alpha value is -1.47. The van der Waals surface area contributed by atoms with Crippen molar-refractivity contribution in [1.29, 1.82) is 0 Å². The van der Waals surface area contributed by atoms with Gasteiger partial charge in [-0.25, -0.2) is 4.39 Å². The highest BCUT2D eigenvalue weighted by molar-refractivity contribution is 9.10. The number of rotatable bonds is 2. The van der Waals surface area contributed by atoms with Crippen molar-refractivity contribution < 1.29 is 14.0 Å². The number of halogens is 2. The molecule has 0 unspecified atom stereocenters. The predicted octanol–water partition coefficient (Wildman–Crippen LogP) is 0.510. The number of amides is 2. The summed E-state index contributed by atoms with van der Waals surface area (Å²) in [5, 5.41) is 2.16. The van der Waals surface area contributed by atoms with Crippen molar-refractivity contribution in [1.82, 2.24) is 5.32 Å². The van der Waals surface area contributed by atoms with Gasteiger partial charge >= 0.3 is 0 Å². The quantitative estimate of drug-likeness (QED) is 0.780. The van der Waals surface area contributed by atoms with Crippen molar-refractivity contribution in [3.8, 4) is 0 Å². The molecule has 0 bridgehead atoms.